The summed E-state index contributed by atoms with van der Waals surface area (Å²) in [4.78, 5) is 12.4. The van der Waals surface area contributed by atoms with Crippen LogP contribution in [0.2, 0.25) is 0 Å². The van der Waals surface area contributed by atoms with Gasteiger partial charge in [0.1, 0.15) is 18.0 Å². The molecule has 0 bridgehead atoms. The topological polar surface area (TPSA) is 100 Å². The van der Waals surface area contributed by atoms with E-state index in [9.17, 15) is 28.2 Å². The van der Waals surface area contributed by atoms with Crippen molar-refractivity contribution in [3.05, 3.63) is 53.3 Å². The van der Waals surface area contributed by atoms with Gasteiger partial charge in [-0.05, 0) is 37.1 Å². The van der Waals surface area contributed by atoms with Crippen molar-refractivity contribution in [1.29, 1.82) is 0 Å². The Morgan fingerprint density at radius 1 is 1.06 bits per heavy atom. The number of nitrogens with one attached hydrogen (secondary N) is 1. The van der Waals surface area contributed by atoms with Gasteiger partial charge in [0.15, 0.2) is 5.82 Å². The smallest absolute Gasteiger partial charge is 0.405 e. The van der Waals surface area contributed by atoms with E-state index in [-0.39, 0.29) is 28.7 Å². The average molecular weight is 450 g/mol. The minimum Gasteiger partial charge on any atom is -0.508 e. The number of hydrogen-bond acceptors (Lipinski definition) is 5. The van der Waals surface area contributed by atoms with Gasteiger partial charge in [-0.3, -0.25) is 9.36 Å². The van der Waals surface area contributed by atoms with Crippen LogP contribution >= 0.6 is 0 Å². The molecule has 32 heavy (non-hydrogen) atoms. The van der Waals surface area contributed by atoms with Gasteiger partial charge in [-0.2, -0.15) is 13.2 Å². The van der Waals surface area contributed by atoms with Gasteiger partial charge in [0.25, 0.3) is 5.91 Å². The third-order valence-electron chi connectivity index (χ3n) is 4.43. The molecule has 0 radical (unpaired) electrons. The minimum atomic E-state index is -4.58. The summed E-state index contributed by atoms with van der Waals surface area (Å²) >= 11 is 0. The lowest BCUT2D eigenvalue weighted by Gasteiger charge is -2.13. The van der Waals surface area contributed by atoms with Crippen LogP contribution in [0.4, 0.5) is 13.2 Å². The molecule has 3 N–H and O–H groups in total. The fraction of sp³-hybridized carbons (Fsp3) is 0.318. The summed E-state index contributed by atoms with van der Waals surface area (Å²) < 4.78 is 38.8. The standard InChI is InChI=1S/C20H19F3N4O3.C2H6/c1-3-12-8-14(16(29)9-15(12)28)17-25-26-18(19(30)24-10-20(21,22)23)27(17)13-6-4-11(2)5-7-13;1-2/h4-9,28-29H,3,10H2,1-2H3,(H,24,30);1-2H3. The van der Waals surface area contributed by atoms with Crippen molar-refractivity contribution < 1.29 is 28.2 Å². The van der Waals surface area contributed by atoms with Crippen molar-refractivity contribution in [2.45, 2.75) is 40.3 Å². The van der Waals surface area contributed by atoms with E-state index < -0.39 is 18.6 Å². The third kappa shape index (κ3) is 5.57. The molecule has 0 aliphatic carbocycles. The zero-order valence-corrected chi connectivity index (χ0v) is 18.2. The second-order valence-electron chi connectivity index (χ2n) is 6.67. The first-order valence-electron chi connectivity index (χ1n) is 10.0. The molecule has 172 valence electrons. The Kier molecular flexibility index (Phi) is 7.85. The molecular weight excluding hydrogens is 425 g/mol. The Morgan fingerprint density at radius 2 is 1.69 bits per heavy atom. The maximum Gasteiger partial charge on any atom is 0.405 e. The highest BCUT2D eigenvalue weighted by Crippen LogP contribution is 2.35. The molecule has 3 aromatic rings. The van der Waals surface area contributed by atoms with Crippen LogP contribution in [0.25, 0.3) is 17.1 Å². The first-order valence-corrected chi connectivity index (χ1v) is 10.0. The van der Waals surface area contributed by atoms with Gasteiger partial charge >= 0.3 is 6.18 Å². The number of phenols is 2. The largest absolute Gasteiger partial charge is 0.508 e. The van der Waals surface area contributed by atoms with Crippen LogP contribution in [-0.4, -0.2) is 43.6 Å². The van der Waals surface area contributed by atoms with E-state index in [1.807, 2.05) is 20.8 Å². The quantitative estimate of drug-likeness (QED) is 0.530. The van der Waals surface area contributed by atoms with E-state index in [1.165, 1.54) is 10.6 Å². The maximum atomic E-state index is 12.5. The average Bonchev–Trinajstić information content (AvgIpc) is 3.18. The molecule has 3 rings (SSSR count). The van der Waals surface area contributed by atoms with Crippen LogP contribution in [0.5, 0.6) is 11.5 Å². The van der Waals surface area contributed by atoms with Gasteiger partial charge in [0.05, 0.1) is 5.56 Å². The molecule has 10 heteroatoms. The predicted molar refractivity (Wildman–Crippen MR) is 114 cm³/mol. The maximum absolute atomic E-state index is 12.5. The van der Waals surface area contributed by atoms with Gasteiger partial charge in [0.2, 0.25) is 5.82 Å². The van der Waals surface area contributed by atoms with Gasteiger partial charge in [0, 0.05) is 11.8 Å². The number of halogens is 3. The van der Waals surface area contributed by atoms with Crippen molar-refractivity contribution in [1.82, 2.24) is 20.1 Å². The first-order chi connectivity index (χ1) is 15.1. The minimum absolute atomic E-state index is 0.0446. The second-order valence-corrected chi connectivity index (χ2v) is 6.67. The lowest BCUT2D eigenvalue weighted by Crippen LogP contribution is -2.35. The van der Waals surface area contributed by atoms with Gasteiger partial charge in [-0.25, -0.2) is 0 Å². The zero-order chi connectivity index (χ0) is 24.1. The van der Waals surface area contributed by atoms with Crippen LogP contribution < -0.4 is 5.32 Å². The molecule has 0 fully saturated rings. The van der Waals surface area contributed by atoms with Crippen LogP contribution in [0.3, 0.4) is 0 Å². The van der Waals surface area contributed by atoms with Gasteiger partial charge < -0.3 is 15.5 Å². The number of rotatable bonds is 5. The summed E-state index contributed by atoms with van der Waals surface area (Å²) in [5.74, 6) is -1.82. The zero-order valence-electron chi connectivity index (χ0n) is 18.2. The molecule has 0 spiro atoms. The van der Waals surface area contributed by atoms with E-state index >= 15 is 0 Å². The molecule has 1 amide bonds. The normalized spacial score (nSPS) is 11.0. The number of hydrogen-bond donors (Lipinski definition) is 3. The van der Waals surface area contributed by atoms with Crippen molar-refractivity contribution in [2.24, 2.45) is 0 Å². The number of aryl methyl sites for hydroxylation is 2. The number of carbonyl (C=O) groups is 1. The van der Waals surface area contributed by atoms with Crippen molar-refractivity contribution in [2.75, 3.05) is 6.54 Å². The number of benzene rings is 2. The number of nitrogens with zero attached hydrogens (tertiary/aromatic N) is 3. The van der Waals surface area contributed by atoms with E-state index in [0.717, 1.165) is 11.6 Å². The molecule has 1 aromatic heterocycles. The Bertz CT molecular complexity index is 1080. The number of aromatic hydroxyl groups is 2. The molecular formula is C22H25F3N4O3. The molecule has 2 aromatic carbocycles. The lowest BCUT2D eigenvalue weighted by molar-refractivity contribution is -0.123. The Balaban J connectivity index is 0.00000176. The SMILES string of the molecule is CC.CCc1cc(-c2nnc(C(=O)NCC(F)(F)F)n2-c2ccc(C)cc2)c(O)cc1O. The van der Waals surface area contributed by atoms with Crippen LogP contribution in [0, 0.1) is 6.92 Å². The first kappa shape index (κ1) is 24.7. The Labute approximate surface area is 183 Å². The molecule has 0 atom stereocenters. The second kappa shape index (κ2) is 10.2. The van der Waals surface area contributed by atoms with Crippen molar-refractivity contribution in [3.8, 4) is 28.6 Å². The lowest BCUT2D eigenvalue weighted by atomic mass is 10.1. The Morgan fingerprint density at radius 3 is 2.25 bits per heavy atom. The third-order valence-corrected chi connectivity index (χ3v) is 4.43. The summed E-state index contributed by atoms with van der Waals surface area (Å²) in [6.07, 6.45) is -4.13. The van der Waals surface area contributed by atoms with E-state index in [0.29, 0.717) is 17.7 Å². The van der Waals surface area contributed by atoms with Crippen LogP contribution in [-0.2, 0) is 6.42 Å². The Hall–Kier alpha value is -3.56. The highest BCUT2D eigenvalue weighted by atomic mass is 19.4. The number of amides is 1. The predicted octanol–water partition coefficient (Wildman–Crippen LogP) is 4.53. The van der Waals surface area contributed by atoms with Gasteiger partial charge in [-0.1, -0.05) is 38.5 Å². The highest BCUT2D eigenvalue weighted by Gasteiger charge is 2.30. The van der Waals surface area contributed by atoms with E-state index in [1.54, 1.807) is 36.5 Å². The summed E-state index contributed by atoms with van der Waals surface area (Å²) in [6.45, 7) is 6.14. The van der Waals surface area contributed by atoms with Crippen molar-refractivity contribution in [3.63, 3.8) is 0 Å². The molecule has 0 aliphatic heterocycles. The molecule has 7 nitrogen and oxygen atoms in total. The van der Waals surface area contributed by atoms with Gasteiger partial charge in [-0.15, -0.1) is 10.2 Å². The van der Waals surface area contributed by atoms with E-state index in [2.05, 4.69) is 10.2 Å². The summed E-state index contributed by atoms with van der Waals surface area (Å²) in [6, 6.07) is 9.46. The molecule has 0 aliphatic rings. The summed E-state index contributed by atoms with van der Waals surface area (Å²) in [5.41, 5.74) is 2.04. The van der Waals surface area contributed by atoms with Crippen LogP contribution in [0.15, 0.2) is 36.4 Å². The monoisotopic (exact) mass is 450 g/mol. The summed E-state index contributed by atoms with van der Waals surface area (Å²) in [7, 11) is 0. The molecule has 1 heterocycles. The molecule has 0 saturated carbocycles. The number of carbonyl (C=O) groups excluding carboxylic acids is 1. The van der Waals surface area contributed by atoms with E-state index in [4.69, 9.17) is 0 Å². The van der Waals surface area contributed by atoms with Crippen molar-refractivity contribution >= 4 is 5.91 Å². The number of alkyl halides is 3. The summed E-state index contributed by atoms with van der Waals surface area (Å²) in [5, 5.41) is 29.8. The number of phenolic OH excluding ortho intramolecular Hbond substituents is 2. The fourth-order valence-corrected chi connectivity index (χ4v) is 2.89. The molecule has 0 saturated heterocycles. The van der Waals surface area contributed by atoms with Crippen LogP contribution in [0.1, 0.15) is 42.5 Å². The molecule has 0 unspecified atom stereocenters. The fourth-order valence-electron chi connectivity index (χ4n) is 2.89. The highest BCUT2D eigenvalue weighted by molar-refractivity contribution is 5.92. The number of aromatic nitrogens is 3.